The Morgan fingerprint density at radius 2 is 0.712 bits per heavy atom. The Balaban J connectivity index is 4.36. The van der Waals surface area contributed by atoms with Gasteiger partial charge >= 0.3 is 5.97 Å². The molecule has 0 aliphatic rings. The molecule has 0 bridgehead atoms. The summed E-state index contributed by atoms with van der Waals surface area (Å²) in [6, 6.07) is -0.613. The van der Waals surface area contributed by atoms with Crippen LogP contribution in [0.15, 0.2) is 12.2 Å². The zero-order chi connectivity index (χ0) is 43.0. The van der Waals surface area contributed by atoms with E-state index < -0.39 is 12.1 Å². The number of hydrogen-bond donors (Lipinski definition) is 2. The highest BCUT2D eigenvalue weighted by molar-refractivity contribution is 5.76. The fourth-order valence-corrected chi connectivity index (χ4v) is 8.35. The van der Waals surface area contributed by atoms with Crippen molar-refractivity contribution in [3.63, 3.8) is 0 Å². The van der Waals surface area contributed by atoms with Gasteiger partial charge < -0.3 is 15.2 Å². The van der Waals surface area contributed by atoms with Gasteiger partial charge in [-0.3, -0.25) is 9.59 Å². The molecule has 0 spiro atoms. The minimum absolute atomic E-state index is 0.0200. The molecule has 0 aromatic heterocycles. The largest absolute Gasteiger partial charge is 0.463 e. The Hall–Kier alpha value is -1.36. The van der Waals surface area contributed by atoms with E-state index in [2.05, 4.69) is 26.1 Å². The molecule has 0 radical (unpaired) electrons. The number of amides is 1. The van der Waals surface area contributed by atoms with E-state index >= 15 is 0 Å². The maximum Gasteiger partial charge on any atom is 0.305 e. The fraction of sp³-hybridized carbons (Fsp3) is 0.926. The van der Waals surface area contributed by atoms with Gasteiger partial charge in [-0.05, 0) is 25.7 Å². The number of esters is 1. The first-order valence-electron chi connectivity index (χ1n) is 26.8. The first-order valence-corrected chi connectivity index (χ1v) is 26.8. The highest BCUT2D eigenvalue weighted by Gasteiger charge is 2.21. The van der Waals surface area contributed by atoms with Gasteiger partial charge in [0.05, 0.1) is 12.1 Å². The van der Waals surface area contributed by atoms with E-state index in [0.717, 1.165) is 38.5 Å². The molecule has 59 heavy (non-hydrogen) atoms. The van der Waals surface area contributed by atoms with E-state index in [0.29, 0.717) is 12.8 Å². The summed E-state index contributed by atoms with van der Waals surface area (Å²) in [5, 5.41) is 14.1. The predicted molar refractivity (Wildman–Crippen MR) is 258 cm³/mol. The average molecular weight is 832 g/mol. The molecule has 0 saturated heterocycles. The number of aliphatic hydroxyl groups excluding tert-OH is 1. The van der Waals surface area contributed by atoms with Crippen molar-refractivity contribution in [1.82, 2.24) is 5.32 Å². The van der Waals surface area contributed by atoms with Crippen LogP contribution in [0.5, 0.6) is 0 Å². The van der Waals surface area contributed by atoms with E-state index in [1.165, 1.54) is 231 Å². The number of unbranched alkanes of at least 4 members (excludes halogenated alkanes) is 39. The predicted octanol–water partition coefficient (Wildman–Crippen LogP) is 17.2. The molecular formula is C54H105NO4. The number of aliphatic hydroxyl groups is 1. The molecule has 0 rings (SSSR count). The van der Waals surface area contributed by atoms with Gasteiger partial charge in [-0.15, -0.1) is 0 Å². The van der Waals surface area contributed by atoms with Crippen LogP contribution in [0.2, 0.25) is 0 Å². The summed E-state index contributed by atoms with van der Waals surface area (Å²) in [6.07, 6.45) is 58.2. The fourth-order valence-electron chi connectivity index (χ4n) is 8.35. The Kier molecular flexibility index (Phi) is 48.2. The third-order valence-corrected chi connectivity index (χ3v) is 12.5. The van der Waals surface area contributed by atoms with E-state index in [1.54, 1.807) is 6.08 Å². The number of rotatable bonds is 49. The van der Waals surface area contributed by atoms with Crippen molar-refractivity contribution < 1.29 is 19.4 Å². The maximum absolute atomic E-state index is 13.0. The number of ether oxygens (including phenoxy) is 1. The van der Waals surface area contributed by atoms with Gasteiger partial charge in [0.15, 0.2) is 0 Å². The standard InChI is InChI=1S/C54H105NO4/c1-4-7-10-13-16-19-22-25-27-30-33-36-39-42-45-48-53(57)55-51(52(56)47-44-41-38-35-32-29-24-21-18-15-12-9-6-3)50-59-54(58)49-46-43-40-37-34-31-28-26-23-20-17-14-11-8-5-2/h44,47,51-52,56H,4-43,45-46,48-50H2,1-3H3,(H,55,57)/b47-44+/t51-,52+/m0/s1. The molecule has 350 valence electrons. The first-order chi connectivity index (χ1) is 29.0. The number of allylic oxidation sites excluding steroid dienone is 1. The summed E-state index contributed by atoms with van der Waals surface area (Å²) in [5.74, 6) is -0.278. The Morgan fingerprint density at radius 3 is 1.05 bits per heavy atom. The lowest BCUT2D eigenvalue weighted by molar-refractivity contribution is -0.146. The molecular weight excluding hydrogens is 727 g/mol. The summed E-state index contributed by atoms with van der Waals surface area (Å²) in [7, 11) is 0. The number of carbonyl (C=O) groups excluding carboxylic acids is 2. The third kappa shape index (κ3) is 46.0. The number of nitrogens with one attached hydrogen (secondary N) is 1. The van der Waals surface area contributed by atoms with E-state index in [9.17, 15) is 14.7 Å². The first kappa shape index (κ1) is 57.6. The molecule has 5 nitrogen and oxygen atoms in total. The zero-order valence-corrected chi connectivity index (χ0v) is 40.3. The Bertz CT molecular complexity index is 874. The number of hydrogen-bond acceptors (Lipinski definition) is 4. The monoisotopic (exact) mass is 832 g/mol. The van der Waals surface area contributed by atoms with Crippen molar-refractivity contribution in [3.8, 4) is 0 Å². The lowest BCUT2D eigenvalue weighted by atomic mass is 10.0. The van der Waals surface area contributed by atoms with Gasteiger partial charge in [0.2, 0.25) is 5.91 Å². The molecule has 0 saturated carbocycles. The SMILES string of the molecule is CCCCCCCCCCCCC/C=C/[C@@H](O)[C@H](COC(=O)CCCCCCCCCCCCCCCCC)NC(=O)CCCCCCCCCCCCCCCCC. The second-order valence-electron chi connectivity index (χ2n) is 18.5. The van der Waals surface area contributed by atoms with E-state index in [4.69, 9.17) is 4.74 Å². The molecule has 0 unspecified atom stereocenters. The third-order valence-electron chi connectivity index (χ3n) is 12.5. The van der Waals surface area contributed by atoms with E-state index in [1.807, 2.05) is 6.08 Å². The second-order valence-corrected chi connectivity index (χ2v) is 18.5. The van der Waals surface area contributed by atoms with Crippen LogP contribution in [-0.2, 0) is 14.3 Å². The quantitative estimate of drug-likeness (QED) is 0.0364. The van der Waals surface area contributed by atoms with Gasteiger partial charge in [0, 0.05) is 12.8 Å². The van der Waals surface area contributed by atoms with Crippen molar-refractivity contribution >= 4 is 11.9 Å². The van der Waals surface area contributed by atoms with Gasteiger partial charge in [0.1, 0.15) is 6.61 Å². The molecule has 0 aromatic rings. The van der Waals surface area contributed by atoms with Crippen molar-refractivity contribution in [2.45, 2.75) is 315 Å². The molecule has 1 amide bonds. The van der Waals surface area contributed by atoms with Gasteiger partial charge in [0.25, 0.3) is 0 Å². The average Bonchev–Trinajstić information content (AvgIpc) is 3.23. The highest BCUT2D eigenvalue weighted by Crippen LogP contribution is 2.17. The molecule has 2 atom stereocenters. The van der Waals surface area contributed by atoms with Crippen molar-refractivity contribution in [2.75, 3.05) is 6.61 Å². The molecule has 0 aliphatic carbocycles. The summed E-state index contributed by atoms with van der Waals surface area (Å²) >= 11 is 0. The van der Waals surface area contributed by atoms with Crippen molar-refractivity contribution in [3.05, 3.63) is 12.2 Å². The summed E-state index contributed by atoms with van der Waals surface area (Å²) in [6.45, 7) is 6.85. The molecule has 0 heterocycles. The summed E-state index contributed by atoms with van der Waals surface area (Å²) in [4.78, 5) is 25.6. The van der Waals surface area contributed by atoms with Crippen molar-refractivity contribution in [1.29, 1.82) is 0 Å². The van der Waals surface area contributed by atoms with Crippen LogP contribution >= 0.6 is 0 Å². The van der Waals surface area contributed by atoms with Crippen LogP contribution < -0.4 is 5.32 Å². The van der Waals surface area contributed by atoms with Crippen LogP contribution in [0.25, 0.3) is 0 Å². The van der Waals surface area contributed by atoms with Crippen LogP contribution in [0, 0.1) is 0 Å². The minimum Gasteiger partial charge on any atom is -0.463 e. The topological polar surface area (TPSA) is 75.6 Å². The Labute approximate surface area is 369 Å². The zero-order valence-electron chi connectivity index (χ0n) is 40.3. The Morgan fingerprint density at radius 1 is 0.424 bits per heavy atom. The lowest BCUT2D eigenvalue weighted by Gasteiger charge is -2.22. The summed E-state index contributed by atoms with van der Waals surface area (Å²) < 4.78 is 5.65. The van der Waals surface area contributed by atoms with Crippen LogP contribution in [0.3, 0.4) is 0 Å². The van der Waals surface area contributed by atoms with Gasteiger partial charge in [-0.25, -0.2) is 0 Å². The van der Waals surface area contributed by atoms with Crippen LogP contribution in [0.4, 0.5) is 0 Å². The van der Waals surface area contributed by atoms with Crippen molar-refractivity contribution in [2.24, 2.45) is 0 Å². The number of carbonyl (C=O) groups is 2. The van der Waals surface area contributed by atoms with Gasteiger partial charge in [-0.2, -0.15) is 0 Å². The normalized spacial score (nSPS) is 12.7. The lowest BCUT2D eigenvalue weighted by Crippen LogP contribution is -2.46. The summed E-state index contributed by atoms with van der Waals surface area (Å²) in [5.41, 5.74) is 0. The van der Waals surface area contributed by atoms with Crippen LogP contribution in [-0.4, -0.2) is 35.7 Å². The minimum atomic E-state index is -0.869. The van der Waals surface area contributed by atoms with Crippen LogP contribution in [0.1, 0.15) is 303 Å². The maximum atomic E-state index is 13.0. The molecule has 0 aliphatic heterocycles. The molecule has 0 aromatic carbocycles. The molecule has 2 N–H and O–H groups in total. The highest BCUT2D eigenvalue weighted by atomic mass is 16.5. The molecule has 5 heteroatoms. The second kappa shape index (κ2) is 49.3. The molecule has 0 fully saturated rings. The van der Waals surface area contributed by atoms with E-state index in [-0.39, 0.29) is 18.5 Å². The van der Waals surface area contributed by atoms with Gasteiger partial charge in [-0.1, -0.05) is 277 Å². The smallest absolute Gasteiger partial charge is 0.305 e.